The van der Waals surface area contributed by atoms with E-state index < -0.39 is 8.46 Å². The fraction of sp³-hybridized carbons (Fsp3) is 0.417. The molecule has 1 rings (SSSR count). The number of nitrogens with zero attached hydrogens (tertiary/aromatic N) is 1. The number of anilines is 1. The molecule has 0 N–H and O–H groups in total. The van der Waals surface area contributed by atoms with Gasteiger partial charge in [-0.15, -0.1) is 0 Å². The van der Waals surface area contributed by atoms with Crippen molar-refractivity contribution in [3.8, 4) is 0 Å². The Hall–Kier alpha value is -0.480. The second-order valence-electron chi connectivity index (χ2n) is 4.42. The number of halogens is 1. The van der Waals surface area contributed by atoms with Crippen LogP contribution in [0.15, 0.2) is 24.3 Å². The van der Waals surface area contributed by atoms with Crippen molar-refractivity contribution in [3.63, 3.8) is 0 Å². The number of hydrogen-bond donors (Lipinski definition) is 0. The first-order valence-corrected chi connectivity index (χ1v) is 9.47. The third-order valence-electron chi connectivity index (χ3n) is 2.16. The standard InChI is InChI=1S/C12H18BrNOS/c1-14(2)11-7-5-6-10(8-11)12(15)9-16(3,4)13/h5-8H,9H2,1-4H3. The average Bonchev–Trinajstić information content (AvgIpc) is 2.15. The summed E-state index contributed by atoms with van der Waals surface area (Å²) in [5, 5.41) is 0. The normalized spacial score (nSPS) is 12.3. The number of carbonyl (C=O) groups excluding carboxylic acids is 1. The first kappa shape index (κ1) is 13.6. The summed E-state index contributed by atoms with van der Waals surface area (Å²) < 4.78 is 0. The number of benzene rings is 1. The molecule has 90 valence electrons. The molecule has 0 saturated heterocycles. The van der Waals surface area contributed by atoms with Crippen LogP contribution in [0.4, 0.5) is 5.69 Å². The van der Waals surface area contributed by atoms with Gasteiger partial charge in [-0.1, -0.05) is 12.1 Å². The van der Waals surface area contributed by atoms with E-state index in [1.165, 1.54) is 0 Å². The van der Waals surface area contributed by atoms with Crippen molar-refractivity contribution in [2.75, 3.05) is 37.3 Å². The maximum Gasteiger partial charge on any atom is 0.172 e. The zero-order chi connectivity index (χ0) is 12.3. The minimum atomic E-state index is -0.955. The SMILES string of the molecule is CN(C)c1cccc(C(=O)CS(C)(C)Br)c1. The summed E-state index contributed by atoms with van der Waals surface area (Å²) in [6, 6.07) is 7.76. The van der Waals surface area contributed by atoms with Gasteiger partial charge in [-0.3, -0.25) is 4.79 Å². The molecule has 0 bridgehead atoms. The second-order valence-corrected chi connectivity index (χ2v) is 12.8. The van der Waals surface area contributed by atoms with Gasteiger partial charge in [0.2, 0.25) is 0 Å². The maximum absolute atomic E-state index is 12.0. The van der Waals surface area contributed by atoms with Gasteiger partial charge in [0.1, 0.15) is 0 Å². The third-order valence-corrected chi connectivity index (χ3v) is 3.79. The highest BCUT2D eigenvalue weighted by atomic mass is 79.9. The molecular weight excluding hydrogens is 286 g/mol. The van der Waals surface area contributed by atoms with Crippen LogP contribution in [0.3, 0.4) is 0 Å². The first-order chi connectivity index (χ1) is 7.29. The highest BCUT2D eigenvalue weighted by Gasteiger charge is 2.15. The predicted molar refractivity (Wildman–Crippen MR) is 78.3 cm³/mol. The lowest BCUT2D eigenvalue weighted by atomic mass is 10.1. The van der Waals surface area contributed by atoms with Crippen LogP contribution in [0.1, 0.15) is 10.4 Å². The Bertz CT molecular complexity index is 385. The van der Waals surface area contributed by atoms with Gasteiger partial charge < -0.3 is 4.90 Å². The molecule has 0 saturated carbocycles. The summed E-state index contributed by atoms with van der Waals surface area (Å²) in [7, 11) is 3.00. The molecule has 0 amide bonds. The Balaban J connectivity index is 2.88. The second kappa shape index (κ2) is 5.23. The van der Waals surface area contributed by atoms with E-state index in [2.05, 4.69) is 27.3 Å². The Morgan fingerprint density at radius 3 is 2.50 bits per heavy atom. The quantitative estimate of drug-likeness (QED) is 0.795. The number of Topliss-reactive ketones (excluding diaryl/α,β-unsaturated/α-hetero) is 1. The van der Waals surface area contributed by atoms with Crippen LogP contribution in [0.2, 0.25) is 0 Å². The molecular formula is C12H18BrNOS. The van der Waals surface area contributed by atoms with Crippen molar-refractivity contribution >= 4 is 34.7 Å². The molecule has 0 heterocycles. The maximum atomic E-state index is 12.0. The molecule has 1 aromatic rings. The van der Waals surface area contributed by atoms with Crippen LogP contribution in [0, 0.1) is 0 Å². The number of ketones is 1. The Morgan fingerprint density at radius 2 is 2.00 bits per heavy atom. The van der Waals surface area contributed by atoms with Crippen molar-refractivity contribution in [2.24, 2.45) is 0 Å². The Labute approximate surface area is 107 Å². The minimum absolute atomic E-state index is 0.209. The number of rotatable bonds is 4. The zero-order valence-corrected chi connectivity index (χ0v) is 12.6. The van der Waals surface area contributed by atoms with Crippen molar-refractivity contribution < 1.29 is 4.79 Å². The largest absolute Gasteiger partial charge is 0.378 e. The van der Waals surface area contributed by atoms with E-state index in [1.807, 2.05) is 43.3 Å². The summed E-state index contributed by atoms with van der Waals surface area (Å²) in [5.41, 5.74) is 1.86. The zero-order valence-electron chi connectivity index (χ0n) is 10.2. The molecule has 1 aromatic carbocycles. The highest BCUT2D eigenvalue weighted by Crippen LogP contribution is 2.48. The van der Waals surface area contributed by atoms with Gasteiger partial charge in [0, 0.05) is 31.1 Å². The minimum Gasteiger partial charge on any atom is -0.378 e. The molecule has 0 aromatic heterocycles. The van der Waals surface area contributed by atoms with Crippen LogP contribution in [-0.4, -0.2) is 38.1 Å². The molecule has 0 radical (unpaired) electrons. The highest BCUT2D eigenvalue weighted by molar-refractivity contribution is 9.58. The van der Waals surface area contributed by atoms with E-state index >= 15 is 0 Å². The van der Waals surface area contributed by atoms with Gasteiger partial charge in [0.15, 0.2) is 5.78 Å². The molecule has 0 spiro atoms. The van der Waals surface area contributed by atoms with E-state index in [1.54, 1.807) is 0 Å². The van der Waals surface area contributed by atoms with Gasteiger partial charge in [-0.2, -0.15) is 8.46 Å². The molecule has 0 aliphatic rings. The number of hydrogen-bond acceptors (Lipinski definition) is 2. The van der Waals surface area contributed by atoms with E-state index in [0.717, 1.165) is 11.3 Å². The average molecular weight is 304 g/mol. The van der Waals surface area contributed by atoms with Gasteiger partial charge in [0.05, 0.1) is 0 Å². The summed E-state index contributed by atoms with van der Waals surface area (Å²) in [6.45, 7) is 0. The van der Waals surface area contributed by atoms with Crippen molar-refractivity contribution in [3.05, 3.63) is 29.8 Å². The van der Waals surface area contributed by atoms with Crippen LogP contribution < -0.4 is 4.90 Å². The van der Waals surface area contributed by atoms with Gasteiger partial charge >= 0.3 is 0 Å². The molecule has 0 aliphatic carbocycles. The smallest absolute Gasteiger partial charge is 0.172 e. The molecule has 0 unspecified atom stereocenters. The fourth-order valence-corrected chi connectivity index (χ4v) is 2.77. The van der Waals surface area contributed by atoms with Crippen molar-refractivity contribution in [1.82, 2.24) is 0 Å². The Morgan fingerprint density at radius 1 is 1.38 bits per heavy atom. The number of carbonyl (C=O) groups is 1. The van der Waals surface area contributed by atoms with E-state index in [-0.39, 0.29) is 5.78 Å². The van der Waals surface area contributed by atoms with E-state index in [0.29, 0.717) is 5.75 Å². The van der Waals surface area contributed by atoms with Crippen LogP contribution in [0.25, 0.3) is 0 Å². The topological polar surface area (TPSA) is 20.3 Å². The fourth-order valence-electron chi connectivity index (χ4n) is 1.35. The van der Waals surface area contributed by atoms with Crippen LogP contribution in [0.5, 0.6) is 0 Å². The van der Waals surface area contributed by atoms with Gasteiger partial charge in [-0.25, -0.2) is 0 Å². The lowest BCUT2D eigenvalue weighted by Crippen LogP contribution is -2.12. The molecule has 2 nitrogen and oxygen atoms in total. The molecule has 0 aliphatic heterocycles. The predicted octanol–water partition coefficient (Wildman–Crippen LogP) is 3.31. The van der Waals surface area contributed by atoms with Crippen molar-refractivity contribution in [1.29, 1.82) is 0 Å². The summed E-state index contributed by atoms with van der Waals surface area (Å²) >= 11 is 3.58. The third kappa shape index (κ3) is 4.18. The summed E-state index contributed by atoms with van der Waals surface area (Å²) in [5.74, 6) is 0.796. The van der Waals surface area contributed by atoms with Crippen LogP contribution >= 0.6 is 23.3 Å². The lowest BCUT2D eigenvalue weighted by molar-refractivity contribution is 0.102. The molecule has 0 fully saturated rings. The van der Waals surface area contributed by atoms with Gasteiger partial charge in [0.25, 0.3) is 0 Å². The first-order valence-electron chi connectivity index (χ1n) is 5.01. The Kier molecular flexibility index (Phi) is 4.44. The molecule has 0 atom stereocenters. The van der Waals surface area contributed by atoms with Gasteiger partial charge in [-0.05, 0) is 39.5 Å². The van der Waals surface area contributed by atoms with Crippen molar-refractivity contribution in [2.45, 2.75) is 0 Å². The molecule has 4 heteroatoms. The van der Waals surface area contributed by atoms with Crippen LogP contribution in [-0.2, 0) is 0 Å². The van der Waals surface area contributed by atoms with E-state index in [9.17, 15) is 4.79 Å². The lowest BCUT2D eigenvalue weighted by Gasteiger charge is -2.21. The monoisotopic (exact) mass is 303 g/mol. The van der Waals surface area contributed by atoms with E-state index in [4.69, 9.17) is 0 Å². The summed E-state index contributed by atoms with van der Waals surface area (Å²) in [6.07, 6.45) is 4.17. The molecule has 16 heavy (non-hydrogen) atoms. The summed E-state index contributed by atoms with van der Waals surface area (Å²) in [4.78, 5) is 14.0.